The van der Waals surface area contributed by atoms with E-state index in [0.29, 0.717) is 17.9 Å². The molecule has 0 saturated heterocycles. The van der Waals surface area contributed by atoms with Crippen molar-refractivity contribution in [2.75, 3.05) is 5.73 Å². The highest BCUT2D eigenvalue weighted by molar-refractivity contribution is 5.93. The molecule has 106 valence electrons. The van der Waals surface area contributed by atoms with Crippen LogP contribution in [-0.2, 0) is 6.54 Å². The van der Waals surface area contributed by atoms with Crippen LogP contribution in [0.2, 0.25) is 0 Å². The molecule has 2 rings (SSSR count). The van der Waals surface area contributed by atoms with Gasteiger partial charge in [0.15, 0.2) is 0 Å². The number of nitrogen functional groups attached to an aromatic ring is 1. The molecule has 0 atom stereocenters. The number of nitrogens with zero attached hydrogens (tertiary/aromatic N) is 2. The van der Waals surface area contributed by atoms with Crippen molar-refractivity contribution in [1.29, 1.82) is 0 Å². The normalized spacial score (nSPS) is 10.8. The first kappa shape index (κ1) is 14.1. The van der Waals surface area contributed by atoms with Crippen LogP contribution in [0.5, 0.6) is 0 Å². The van der Waals surface area contributed by atoms with Crippen molar-refractivity contribution >= 4 is 11.6 Å². The number of hydrogen-bond donors (Lipinski definition) is 2. The molecule has 0 unspecified atom stereocenters. The van der Waals surface area contributed by atoms with E-state index < -0.39 is 0 Å². The summed E-state index contributed by atoms with van der Waals surface area (Å²) in [4.78, 5) is 16.5. The second kappa shape index (κ2) is 5.77. The number of amides is 1. The largest absolute Gasteiger partial charge is 0.397 e. The van der Waals surface area contributed by atoms with Crippen LogP contribution in [0.3, 0.4) is 0 Å². The van der Waals surface area contributed by atoms with Crippen LogP contribution in [0.1, 0.15) is 41.6 Å². The smallest absolute Gasteiger partial charge is 0.268 e. The van der Waals surface area contributed by atoms with E-state index in [-0.39, 0.29) is 11.9 Å². The summed E-state index contributed by atoms with van der Waals surface area (Å²) >= 11 is 0. The summed E-state index contributed by atoms with van der Waals surface area (Å²) in [5, 5.41) is 2.89. The Hall–Kier alpha value is -2.30. The Labute approximate surface area is 118 Å². The average molecular weight is 272 g/mol. The molecule has 5 nitrogen and oxygen atoms in total. The molecule has 0 aliphatic carbocycles. The second-order valence-electron chi connectivity index (χ2n) is 5.11. The van der Waals surface area contributed by atoms with Crippen LogP contribution in [0.25, 0.3) is 0 Å². The van der Waals surface area contributed by atoms with E-state index in [2.05, 4.69) is 10.3 Å². The zero-order chi connectivity index (χ0) is 14.7. The minimum absolute atomic E-state index is 0.138. The topological polar surface area (TPSA) is 72.9 Å². The highest BCUT2D eigenvalue weighted by Crippen LogP contribution is 2.16. The highest BCUT2D eigenvalue weighted by atomic mass is 16.1. The number of aromatic nitrogens is 2. The summed E-state index contributed by atoms with van der Waals surface area (Å²) in [6.45, 7) is 6.41. The van der Waals surface area contributed by atoms with Gasteiger partial charge in [0.25, 0.3) is 5.91 Å². The molecule has 20 heavy (non-hydrogen) atoms. The van der Waals surface area contributed by atoms with Gasteiger partial charge in [-0.05, 0) is 38.5 Å². The van der Waals surface area contributed by atoms with Gasteiger partial charge >= 0.3 is 0 Å². The molecule has 2 heterocycles. The Morgan fingerprint density at radius 2 is 2.25 bits per heavy atom. The summed E-state index contributed by atoms with van der Waals surface area (Å²) in [6, 6.07) is 5.74. The van der Waals surface area contributed by atoms with Gasteiger partial charge in [-0.15, -0.1) is 0 Å². The van der Waals surface area contributed by atoms with Crippen LogP contribution in [0, 0.1) is 6.92 Å². The Kier molecular flexibility index (Phi) is 4.08. The van der Waals surface area contributed by atoms with Crippen molar-refractivity contribution in [3.8, 4) is 0 Å². The number of carbonyl (C=O) groups is 1. The maximum Gasteiger partial charge on any atom is 0.268 e. The number of carbonyl (C=O) groups excluding carboxylic acids is 1. The fraction of sp³-hybridized carbons (Fsp3) is 0.333. The molecule has 0 aliphatic heterocycles. The standard InChI is InChI=1S/C15H20N4O/c1-10(2)19-9-12(16)7-14(19)15(20)18-8-13-11(3)5-4-6-17-13/h4-7,9-10H,8,16H2,1-3H3,(H,18,20). The molecule has 5 heteroatoms. The van der Waals surface area contributed by atoms with Crippen LogP contribution in [0.4, 0.5) is 5.69 Å². The number of aryl methyl sites for hydroxylation is 1. The van der Waals surface area contributed by atoms with Crippen molar-refractivity contribution in [2.24, 2.45) is 0 Å². The van der Waals surface area contributed by atoms with Crippen LogP contribution >= 0.6 is 0 Å². The molecule has 0 spiro atoms. The zero-order valence-corrected chi connectivity index (χ0v) is 12.1. The van der Waals surface area contributed by atoms with Gasteiger partial charge in [0.1, 0.15) is 5.69 Å². The summed E-state index contributed by atoms with van der Waals surface area (Å²) < 4.78 is 1.87. The molecule has 0 bridgehead atoms. The summed E-state index contributed by atoms with van der Waals surface area (Å²) in [6.07, 6.45) is 3.51. The van der Waals surface area contributed by atoms with Crippen LogP contribution in [-0.4, -0.2) is 15.5 Å². The lowest BCUT2D eigenvalue weighted by molar-refractivity contribution is 0.0939. The van der Waals surface area contributed by atoms with Crippen molar-refractivity contribution in [3.05, 3.63) is 47.5 Å². The minimum Gasteiger partial charge on any atom is -0.397 e. The van der Waals surface area contributed by atoms with E-state index in [1.54, 1.807) is 18.5 Å². The molecule has 0 radical (unpaired) electrons. The molecule has 2 aromatic heterocycles. The fourth-order valence-corrected chi connectivity index (χ4v) is 2.07. The Bertz CT molecular complexity index is 616. The first-order valence-electron chi connectivity index (χ1n) is 6.65. The summed E-state index contributed by atoms with van der Waals surface area (Å²) in [5.41, 5.74) is 8.88. The van der Waals surface area contributed by atoms with Crippen molar-refractivity contribution in [3.63, 3.8) is 0 Å². The lowest BCUT2D eigenvalue weighted by atomic mass is 10.2. The maximum atomic E-state index is 12.3. The van der Waals surface area contributed by atoms with E-state index >= 15 is 0 Å². The van der Waals surface area contributed by atoms with Crippen LogP contribution in [0.15, 0.2) is 30.6 Å². The van der Waals surface area contributed by atoms with E-state index in [4.69, 9.17) is 5.73 Å². The van der Waals surface area contributed by atoms with Crippen molar-refractivity contribution < 1.29 is 4.79 Å². The lowest BCUT2D eigenvalue weighted by Crippen LogP contribution is -2.26. The van der Waals surface area contributed by atoms with E-state index in [1.807, 2.05) is 37.5 Å². The van der Waals surface area contributed by atoms with Gasteiger partial charge in [-0.25, -0.2) is 0 Å². The van der Waals surface area contributed by atoms with E-state index in [1.165, 1.54) is 0 Å². The van der Waals surface area contributed by atoms with E-state index in [9.17, 15) is 4.79 Å². The van der Waals surface area contributed by atoms with Gasteiger partial charge in [-0.1, -0.05) is 6.07 Å². The third kappa shape index (κ3) is 2.99. The molecular formula is C15H20N4O. The van der Waals surface area contributed by atoms with E-state index in [0.717, 1.165) is 11.3 Å². The van der Waals surface area contributed by atoms with Gasteiger partial charge in [-0.3, -0.25) is 9.78 Å². The summed E-state index contributed by atoms with van der Waals surface area (Å²) in [5.74, 6) is -0.138. The number of pyridine rings is 1. The number of nitrogens with one attached hydrogen (secondary N) is 1. The Balaban J connectivity index is 2.11. The average Bonchev–Trinajstić information content (AvgIpc) is 2.80. The molecular weight excluding hydrogens is 252 g/mol. The molecule has 0 saturated carbocycles. The predicted octanol–water partition coefficient (Wildman–Crippen LogP) is 2.28. The lowest BCUT2D eigenvalue weighted by Gasteiger charge is -2.13. The van der Waals surface area contributed by atoms with Gasteiger partial charge < -0.3 is 15.6 Å². The first-order valence-corrected chi connectivity index (χ1v) is 6.65. The SMILES string of the molecule is Cc1cccnc1CNC(=O)c1cc(N)cn1C(C)C. The fourth-order valence-electron chi connectivity index (χ4n) is 2.07. The third-order valence-corrected chi connectivity index (χ3v) is 3.19. The first-order chi connectivity index (χ1) is 9.49. The monoisotopic (exact) mass is 272 g/mol. The Morgan fingerprint density at radius 1 is 1.50 bits per heavy atom. The number of rotatable bonds is 4. The third-order valence-electron chi connectivity index (χ3n) is 3.19. The second-order valence-corrected chi connectivity index (χ2v) is 5.11. The van der Waals surface area contributed by atoms with Gasteiger partial charge in [0.05, 0.1) is 17.9 Å². The molecule has 3 N–H and O–H groups in total. The number of hydrogen-bond acceptors (Lipinski definition) is 3. The van der Waals surface area contributed by atoms with Crippen molar-refractivity contribution in [1.82, 2.24) is 14.9 Å². The van der Waals surface area contributed by atoms with Crippen molar-refractivity contribution in [2.45, 2.75) is 33.4 Å². The Morgan fingerprint density at radius 3 is 2.90 bits per heavy atom. The van der Waals surface area contributed by atoms with Crippen LogP contribution < -0.4 is 11.1 Å². The molecule has 0 fully saturated rings. The van der Waals surface area contributed by atoms with Gasteiger partial charge in [-0.2, -0.15) is 0 Å². The maximum absolute atomic E-state index is 12.3. The number of nitrogens with two attached hydrogens (primary N) is 1. The zero-order valence-electron chi connectivity index (χ0n) is 12.1. The van der Waals surface area contributed by atoms with Gasteiger partial charge in [0, 0.05) is 18.4 Å². The summed E-state index contributed by atoms with van der Waals surface area (Å²) in [7, 11) is 0. The highest BCUT2D eigenvalue weighted by Gasteiger charge is 2.14. The predicted molar refractivity (Wildman–Crippen MR) is 79.4 cm³/mol. The molecule has 0 aliphatic rings. The van der Waals surface area contributed by atoms with Gasteiger partial charge in [0.2, 0.25) is 0 Å². The minimum atomic E-state index is -0.138. The molecule has 0 aromatic carbocycles. The quantitative estimate of drug-likeness (QED) is 0.896. The number of anilines is 1. The molecule has 2 aromatic rings. The molecule has 1 amide bonds.